The number of nitrogens with zero attached hydrogens (tertiary/aromatic N) is 2. The zero-order valence-electron chi connectivity index (χ0n) is 13.4. The third kappa shape index (κ3) is 4.68. The van der Waals surface area contributed by atoms with Gasteiger partial charge >= 0.3 is 0 Å². The van der Waals surface area contributed by atoms with E-state index in [0.29, 0.717) is 18.5 Å². The normalized spacial score (nSPS) is 15.8. The van der Waals surface area contributed by atoms with Gasteiger partial charge in [0.2, 0.25) is 0 Å². The summed E-state index contributed by atoms with van der Waals surface area (Å²) in [6.45, 7) is 7.15. The average molecular weight is 291 g/mol. The number of hydrogen-bond donors (Lipinski definition) is 2. The predicted octanol–water partition coefficient (Wildman–Crippen LogP) is 2.57. The van der Waals surface area contributed by atoms with Crippen molar-refractivity contribution in [2.45, 2.75) is 52.1 Å². The molecule has 1 aromatic rings. The standard InChI is InChI=1S/C17H29N3O/c1-14(2)12-18-13-15-6-5-9-19-17(15)20(10-11-21)16-7-3-4-8-16/h5-6,9,14,16,18,21H,3-4,7-8,10-13H2,1-2H3. The summed E-state index contributed by atoms with van der Waals surface area (Å²) >= 11 is 0. The first-order valence-corrected chi connectivity index (χ1v) is 8.24. The molecular formula is C17H29N3O. The van der Waals surface area contributed by atoms with Crippen molar-refractivity contribution in [3.8, 4) is 0 Å². The topological polar surface area (TPSA) is 48.4 Å². The van der Waals surface area contributed by atoms with Crippen LogP contribution in [0.4, 0.5) is 5.82 Å². The summed E-state index contributed by atoms with van der Waals surface area (Å²) in [6.07, 6.45) is 6.88. The molecule has 0 bridgehead atoms. The molecule has 1 aliphatic rings. The number of rotatable bonds is 8. The fourth-order valence-electron chi connectivity index (χ4n) is 3.11. The van der Waals surface area contributed by atoms with Crippen LogP contribution in [0.25, 0.3) is 0 Å². The molecular weight excluding hydrogens is 262 g/mol. The Balaban J connectivity index is 2.11. The quantitative estimate of drug-likeness (QED) is 0.773. The predicted molar refractivity (Wildman–Crippen MR) is 87.5 cm³/mol. The first-order valence-electron chi connectivity index (χ1n) is 8.24. The van der Waals surface area contributed by atoms with Crippen molar-refractivity contribution in [2.24, 2.45) is 5.92 Å². The molecule has 21 heavy (non-hydrogen) atoms. The van der Waals surface area contributed by atoms with E-state index in [1.54, 1.807) is 0 Å². The van der Waals surface area contributed by atoms with Crippen LogP contribution in [0.2, 0.25) is 0 Å². The summed E-state index contributed by atoms with van der Waals surface area (Å²) in [5, 5.41) is 12.9. The summed E-state index contributed by atoms with van der Waals surface area (Å²) < 4.78 is 0. The molecule has 0 aliphatic heterocycles. The number of aliphatic hydroxyl groups is 1. The lowest BCUT2D eigenvalue weighted by atomic mass is 10.1. The van der Waals surface area contributed by atoms with Gasteiger partial charge in [0.05, 0.1) is 6.61 Å². The van der Waals surface area contributed by atoms with Gasteiger partial charge in [-0.1, -0.05) is 32.8 Å². The Hall–Kier alpha value is -1.13. The number of nitrogens with one attached hydrogen (secondary N) is 1. The van der Waals surface area contributed by atoms with Crippen molar-refractivity contribution >= 4 is 5.82 Å². The third-order valence-electron chi connectivity index (χ3n) is 4.11. The molecule has 118 valence electrons. The van der Waals surface area contributed by atoms with E-state index in [9.17, 15) is 5.11 Å². The molecule has 0 atom stereocenters. The van der Waals surface area contributed by atoms with E-state index in [1.807, 2.05) is 12.3 Å². The lowest BCUT2D eigenvalue weighted by molar-refractivity contribution is 0.296. The Morgan fingerprint density at radius 2 is 2.14 bits per heavy atom. The molecule has 1 aliphatic carbocycles. The minimum atomic E-state index is 0.186. The van der Waals surface area contributed by atoms with Crippen LogP contribution >= 0.6 is 0 Å². The van der Waals surface area contributed by atoms with E-state index < -0.39 is 0 Å². The Labute approximate surface area is 128 Å². The minimum Gasteiger partial charge on any atom is -0.395 e. The Morgan fingerprint density at radius 3 is 2.81 bits per heavy atom. The second-order valence-electron chi connectivity index (χ2n) is 6.37. The molecule has 0 saturated heterocycles. The van der Waals surface area contributed by atoms with Gasteiger partial charge in [0, 0.05) is 30.9 Å². The molecule has 2 rings (SSSR count). The fourth-order valence-corrected chi connectivity index (χ4v) is 3.11. The number of aliphatic hydroxyl groups excluding tert-OH is 1. The van der Waals surface area contributed by atoms with Gasteiger partial charge in [-0.15, -0.1) is 0 Å². The van der Waals surface area contributed by atoms with Gasteiger partial charge in [-0.3, -0.25) is 0 Å². The van der Waals surface area contributed by atoms with Crippen molar-refractivity contribution < 1.29 is 5.11 Å². The van der Waals surface area contributed by atoms with Gasteiger partial charge < -0.3 is 15.3 Å². The van der Waals surface area contributed by atoms with Crippen molar-refractivity contribution in [3.63, 3.8) is 0 Å². The minimum absolute atomic E-state index is 0.186. The molecule has 0 unspecified atom stereocenters. The summed E-state index contributed by atoms with van der Waals surface area (Å²) in [5.74, 6) is 1.70. The van der Waals surface area contributed by atoms with Crippen molar-refractivity contribution in [1.82, 2.24) is 10.3 Å². The molecule has 1 heterocycles. The van der Waals surface area contributed by atoms with Crippen LogP contribution in [0.1, 0.15) is 45.1 Å². The molecule has 0 amide bonds. The number of aromatic nitrogens is 1. The molecule has 1 aromatic heterocycles. The van der Waals surface area contributed by atoms with Crippen LogP contribution < -0.4 is 10.2 Å². The molecule has 1 saturated carbocycles. The Bertz CT molecular complexity index is 416. The summed E-state index contributed by atoms with van der Waals surface area (Å²) in [4.78, 5) is 6.93. The van der Waals surface area contributed by atoms with Crippen LogP contribution in [0.15, 0.2) is 18.3 Å². The lowest BCUT2D eigenvalue weighted by Crippen LogP contribution is -2.37. The van der Waals surface area contributed by atoms with Crippen LogP contribution in [-0.2, 0) is 6.54 Å². The van der Waals surface area contributed by atoms with E-state index in [-0.39, 0.29) is 6.61 Å². The number of hydrogen-bond acceptors (Lipinski definition) is 4. The highest BCUT2D eigenvalue weighted by molar-refractivity contribution is 5.48. The molecule has 1 fully saturated rings. The summed E-state index contributed by atoms with van der Waals surface area (Å²) in [5.41, 5.74) is 1.23. The number of anilines is 1. The number of pyridine rings is 1. The van der Waals surface area contributed by atoms with Gasteiger partial charge in [0.25, 0.3) is 0 Å². The summed E-state index contributed by atoms with van der Waals surface area (Å²) in [7, 11) is 0. The van der Waals surface area contributed by atoms with Gasteiger partial charge in [-0.05, 0) is 31.4 Å². The van der Waals surface area contributed by atoms with E-state index >= 15 is 0 Å². The monoisotopic (exact) mass is 291 g/mol. The van der Waals surface area contributed by atoms with Crippen LogP contribution in [-0.4, -0.2) is 35.8 Å². The SMILES string of the molecule is CC(C)CNCc1cccnc1N(CCO)C1CCCC1. The van der Waals surface area contributed by atoms with Gasteiger partial charge in [-0.2, -0.15) is 0 Å². The van der Waals surface area contributed by atoms with Crippen molar-refractivity contribution in [1.29, 1.82) is 0 Å². The van der Waals surface area contributed by atoms with Gasteiger partial charge in [0.15, 0.2) is 0 Å². The molecule has 0 spiro atoms. The highest BCUT2D eigenvalue weighted by Crippen LogP contribution is 2.28. The van der Waals surface area contributed by atoms with Gasteiger partial charge in [-0.25, -0.2) is 4.98 Å². The summed E-state index contributed by atoms with van der Waals surface area (Å²) in [6, 6.07) is 4.69. The van der Waals surface area contributed by atoms with Crippen molar-refractivity contribution in [3.05, 3.63) is 23.9 Å². The Morgan fingerprint density at radius 1 is 1.38 bits per heavy atom. The first-order chi connectivity index (χ1) is 10.2. The zero-order valence-corrected chi connectivity index (χ0v) is 13.4. The maximum Gasteiger partial charge on any atom is 0.133 e. The highest BCUT2D eigenvalue weighted by atomic mass is 16.3. The van der Waals surface area contributed by atoms with Crippen LogP contribution in [0.3, 0.4) is 0 Å². The largest absolute Gasteiger partial charge is 0.395 e. The van der Waals surface area contributed by atoms with E-state index in [4.69, 9.17) is 0 Å². The molecule has 0 aromatic carbocycles. The first kappa shape index (κ1) is 16.2. The second kappa shape index (κ2) is 8.35. The van der Waals surface area contributed by atoms with E-state index in [0.717, 1.165) is 18.9 Å². The average Bonchev–Trinajstić information content (AvgIpc) is 2.99. The van der Waals surface area contributed by atoms with E-state index in [1.165, 1.54) is 31.2 Å². The van der Waals surface area contributed by atoms with E-state index in [2.05, 4.69) is 35.1 Å². The van der Waals surface area contributed by atoms with Crippen LogP contribution in [0, 0.1) is 5.92 Å². The molecule has 4 nitrogen and oxygen atoms in total. The van der Waals surface area contributed by atoms with Crippen LogP contribution in [0.5, 0.6) is 0 Å². The van der Waals surface area contributed by atoms with Gasteiger partial charge in [0.1, 0.15) is 5.82 Å². The Kier molecular flexibility index (Phi) is 6.46. The van der Waals surface area contributed by atoms with Crippen molar-refractivity contribution in [2.75, 3.05) is 24.6 Å². The third-order valence-corrected chi connectivity index (χ3v) is 4.11. The maximum absolute atomic E-state index is 9.41. The fraction of sp³-hybridized carbons (Fsp3) is 0.706. The molecule has 2 N–H and O–H groups in total. The lowest BCUT2D eigenvalue weighted by Gasteiger charge is -2.31. The zero-order chi connectivity index (χ0) is 15.1. The second-order valence-corrected chi connectivity index (χ2v) is 6.37. The highest BCUT2D eigenvalue weighted by Gasteiger charge is 2.24. The maximum atomic E-state index is 9.41. The molecule has 4 heteroatoms. The molecule has 0 radical (unpaired) electrons. The smallest absolute Gasteiger partial charge is 0.133 e.